The first-order valence-corrected chi connectivity index (χ1v) is 8.02. The monoisotopic (exact) mass is 385 g/mol. The molecule has 1 aromatic heterocycles. The second-order valence-electron chi connectivity index (χ2n) is 5.51. The van der Waals surface area contributed by atoms with Crippen LogP contribution in [-0.2, 0) is 0 Å². The number of aromatic nitrogens is 2. The highest BCUT2D eigenvalue weighted by molar-refractivity contribution is 6.32. The van der Waals surface area contributed by atoms with Crippen LogP contribution in [0.25, 0.3) is 10.8 Å². The predicted octanol–water partition coefficient (Wildman–Crippen LogP) is 2.64. The summed E-state index contributed by atoms with van der Waals surface area (Å²) in [5.74, 6) is -0.634. The fourth-order valence-corrected chi connectivity index (χ4v) is 2.60. The number of hydrogen-bond donors (Lipinski definition) is 2. The molecule has 27 heavy (non-hydrogen) atoms. The number of amides is 1. The zero-order valence-corrected chi connectivity index (χ0v) is 14.6. The minimum atomic E-state index is -0.634. The van der Waals surface area contributed by atoms with Gasteiger partial charge in [-0.15, -0.1) is 0 Å². The summed E-state index contributed by atoms with van der Waals surface area (Å²) in [5.41, 5.74) is 2.42. The van der Waals surface area contributed by atoms with Crippen molar-refractivity contribution in [3.8, 4) is 0 Å². The molecule has 0 unspecified atom stereocenters. The van der Waals surface area contributed by atoms with Gasteiger partial charge in [-0.05, 0) is 19.1 Å². The quantitative estimate of drug-likeness (QED) is 0.405. The SMILES string of the molecule is C/C(=N\NC(=O)c1n[nH]c(=O)c2ccccc12)c1ccc(Cl)c([N+](=O)[O-])c1. The summed E-state index contributed by atoms with van der Waals surface area (Å²) in [4.78, 5) is 34.5. The van der Waals surface area contributed by atoms with Gasteiger partial charge in [-0.2, -0.15) is 10.2 Å². The molecule has 10 heteroatoms. The van der Waals surface area contributed by atoms with Crippen molar-refractivity contribution in [1.82, 2.24) is 15.6 Å². The van der Waals surface area contributed by atoms with E-state index in [0.29, 0.717) is 22.0 Å². The number of halogens is 1. The molecular formula is C17H12ClN5O4. The average Bonchev–Trinajstić information content (AvgIpc) is 2.66. The van der Waals surface area contributed by atoms with Gasteiger partial charge >= 0.3 is 0 Å². The molecule has 0 saturated carbocycles. The molecule has 0 aliphatic heterocycles. The lowest BCUT2D eigenvalue weighted by atomic mass is 10.1. The van der Waals surface area contributed by atoms with Crippen LogP contribution in [0.15, 0.2) is 52.4 Å². The van der Waals surface area contributed by atoms with Gasteiger partial charge in [0, 0.05) is 17.0 Å². The number of hydrazone groups is 1. The molecule has 2 N–H and O–H groups in total. The number of fused-ring (bicyclic) bond motifs is 1. The average molecular weight is 386 g/mol. The molecule has 0 bridgehead atoms. The number of nitrogens with one attached hydrogen (secondary N) is 2. The van der Waals surface area contributed by atoms with E-state index in [2.05, 4.69) is 20.7 Å². The molecule has 9 nitrogen and oxygen atoms in total. The van der Waals surface area contributed by atoms with E-state index < -0.39 is 16.4 Å². The van der Waals surface area contributed by atoms with Crippen molar-refractivity contribution < 1.29 is 9.72 Å². The Labute approximate surface area is 156 Å². The van der Waals surface area contributed by atoms with Crippen LogP contribution in [0.4, 0.5) is 5.69 Å². The third-order valence-electron chi connectivity index (χ3n) is 3.80. The number of aromatic amines is 1. The maximum Gasteiger partial charge on any atom is 0.292 e. The molecule has 136 valence electrons. The lowest BCUT2D eigenvalue weighted by Crippen LogP contribution is -2.23. The van der Waals surface area contributed by atoms with Gasteiger partial charge in [-0.3, -0.25) is 19.7 Å². The third-order valence-corrected chi connectivity index (χ3v) is 4.12. The number of rotatable bonds is 4. The van der Waals surface area contributed by atoms with Crippen LogP contribution >= 0.6 is 11.6 Å². The number of carbonyl (C=O) groups is 1. The van der Waals surface area contributed by atoms with Crippen molar-refractivity contribution in [2.75, 3.05) is 0 Å². The van der Waals surface area contributed by atoms with Gasteiger partial charge in [-0.25, -0.2) is 10.5 Å². The van der Waals surface area contributed by atoms with Crippen LogP contribution in [0, 0.1) is 10.1 Å². The summed E-state index contributed by atoms with van der Waals surface area (Å²) in [6, 6.07) is 10.7. The Balaban J connectivity index is 1.89. The molecule has 0 radical (unpaired) electrons. The van der Waals surface area contributed by atoms with E-state index in [1.54, 1.807) is 37.3 Å². The van der Waals surface area contributed by atoms with E-state index >= 15 is 0 Å². The molecule has 0 aliphatic rings. The first-order chi connectivity index (χ1) is 12.9. The van der Waals surface area contributed by atoms with Crippen molar-refractivity contribution in [2.24, 2.45) is 5.10 Å². The summed E-state index contributed by atoms with van der Waals surface area (Å²) in [6.07, 6.45) is 0. The van der Waals surface area contributed by atoms with E-state index in [9.17, 15) is 19.7 Å². The second kappa shape index (κ2) is 7.34. The van der Waals surface area contributed by atoms with Crippen molar-refractivity contribution in [3.63, 3.8) is 0 Å². The van der Waals surface area contributed by atoms with E-state index in [1.165, 1.54) is 12.1 Å². The molecule has 1 amide bonds. The Morgan fingerprint density at radius 3 is 2.67 bits per heavy atom. The molecule has 0 spiro atoms. The summed E-state index contributed by atoms with van der Waals surface area (Å²) in [6.45, 7) is 1.58. The minimum absolute atomic E-state index is 0.00355. The Kier molecular flexibility index (Phi) is 4.95. The first kappa shape index (κ1) is 18.2. The predicted molar refractivity (Wildman–Crippen MR) is 100 cm³/mol. The first-order valence-electron chi connectivity index (χ1n) is 7.65. The van der Waals surface area contributed by atoms with Crippen molar-refractivity contribution >= 4 is 39.7 Å². The summed E-state index contributed by atoms with van der Waals surface area (Å²) in [5, 5.41) is 21.7. The van der Waals surface area contributed by atoms with Crippen LogP contribution in [0.2, 0.25) is 5.02 Å². The molecule has 0 aliphatic carbocycles. The zero-order valence-electron chi connectivity index (χ0n) is 13.9. The Morgan fingerprint density at radius 1 is 1.26 bits per heavy atom. The van der Waals surface area contributed by atoms with Crippen LogP contribution in [0.5, 0.6) is 0 Å². The lowest BCUT2D eigenvalue weighted by molar-refractivity contribution is -0.384. The van der Waals surface area contributed by atoms with Crippen molar-refractivity contribution in [3.05, 3.63) is 79.2 Å². The van der Waals surface area contributed by atoms with E-state index in [1.807, 2.05) is 0 Å². The molecule has 0 fully saturated rings. The van der Waals surface area contributed by atoms with Crippen LogP contribution < -0.4 is 11.0 Å². The standard InChI is InChI=1S/C17H12ClN5O4/c1-9(10-6-7-13(18)14(8-10)23(26)27)19-22-17(25)15-11-4-2-3-5-12(11)16(24)21-20-15/h2-8H,1H3,(H,21,24)(H,22,25)/b19-9+. The van der Waals surface area contributed by atoms with Crippen LogP contribution in [-0.4, -0.2) is 26.7 Å². The molecular weight excluding hydrogens is 374 g/mol. The van der Waals surface area contributed by atoms with Crippen LogP contribution in [0.3, 0.4) is 0 Å². The van der Waals surface area contributed by atoms with Crippen LogP contribution in [0.1, 0.15) is 23.0 Å². The Bertz CT molecular complexity index is 1160. The zero-order chi connectivity index (χ0) is 19.6. The molecule has 0 saturated heterocycles. The van der Waals surface area contributed by atoms with Gasteiger partial charge in [0.05, 0.1) is 16.0 Å². The summed E-state index contributed by atoms with van der Waals surface area (Å²) < 4.78 is 0. The van der Waals surface area contributed by atoms with Gasteiger partial charge in [0.1, 0.15) is 5.02 Å². The molecule has 0 atom stereocenters. The normalized spacial score (nSPS) is 11.4. The fourth-order valence-electron chi connectivity index (χ4n) is 2.42. The van der Waals surface area contributed by atoms with Gasteiger partial charge in [0.25, 0.3) is 17.2 Å². The Hall–Kier alpha value is -3.59. The number of nitro benzene ring substituents is 1. The highest BCUT2D eigenvalue weighted by Crippen LogP contribution is 2.25. The number of hydrogen-bond acceptors (Lipinski definition) is 6. The number of nitrogens with zero attached hydrogens (tertiary/aromatic N) is 3. The largest absolute Gasteiger partial charge is 0.292 e. The molecule has 1 heterocycles. The second-order valence-corrected chi connectivity index (χ2v) is 5.92. The van der Waals surface area contributed by atoms with Gasteiger partial charge < -0.3 is 0 Å². The minimum Gasteiger partial charge on any atom is -0.267 e. The molecule has 3 aromatic rings. The number of benzene rings is 2. The van der Waals surface area contributed by atoms with Crippen molar-refractivity contribution in [2.45, 2.75) is 6.92 Å². The number of nitro groups is 1. The lowest BCUT2D eigenvalue weighted by Gasteiger charge is -2.05. The molecule has 2 aromatic carbocycles. The summed E-state index contributed by atoms with van der Waals surface area (Å²) in [7, 11) is 0. The van der Waals surface area contributed by atoms with E-state index in [0.717, 1.165) is 0 Å². The summed E-state index contributed by atoms with van der Waals surface area (Å²) >= 11 is 5.78. The Morgan fingerprint density at radius 2 is 1.96 bits per heavy atom. The van der Waals surface area contributed by atoms with Gasteiger partial charge in [0.15, 0.2) is 5.69 Å². The maximum atomic E-state index is 12.4. The number of H-pyrrole nitrogens is 1. The maximum absolute atomic E-state index is 12.4. The van der Waals surface area contributed by atoms with Crippen molar-refractivity contribution in [1.29, 1.82) is 0 Å². The number of carbonyl (C=O) groups excluding carboxylic acids is 1. The highest BCUT2D eigenvalue weighted by Gasteiger charge is 2.15. The van der Waals surface area contributed by atoms with E-state index in [-0.39, 0.29) is 16.4 Å². The topological polar surface area (TPSA) is 130 Å². The van der Waals surface area contributed by atoms with E-state index in [4.69, 9.17) is 11.6 Å². The molecule has 3 rings (SSSR count). The third kappa shape index (κ3) is 3.67. The highest BCUT2D eigenvalue weighted by atomic mass is 35.5. The fraction of sp³-hybridized carbons (Fsp3) is 0.0588. The van der Waals surface area contributed by atoms with Gasteiger partial charge in [-0.1, -0.05) is 35.9 Å². The van der Waals surface area contributed by atoms with Gasteiger partial charge in [0.2, 0.25) is 0 Å². The smallest absolute Gasteiger partial charge is 0.267 e.